The van der Waals surface area contributed by atoms with E-state index in [1.165, 1.54) is 19.3 Å². The number of aliphatic hydroxyl groups excluding tert-OH is 1. The summed E-state index contributed by atoms with van der Waals surface area (Å²) >= 11 is 0. The van der Waals surface area contributed by atoms with Gasteiger partial charge in [0.15, 0.2) is 0 Å². The van der Waals surface area contributed by atoms with Gasteiger partial charge in [0.25, 0.3) is 0 Å². The predicted molar refractivity (Wildman–Crippen MR) is 104 cm³/mol. The molecule has 148 valence electrons. The van der Waals surface area contributed by atoms with Crippen molar-refractivity contribution in [1.82, 2.24) is 16.0 Å². The van der Waals surface area contributed by atoms with Crippen LogP contribution in [0.1, 0.15) is 66.7 Å². The second kappa shape index (κ2) is 33.6. The molecule has 24 heavy (non-hydrogen) atoms. The van der Waals surface area contributed by atoms with Gasteiger partial charge in [-0.3, -0.25) is 4.79 Å². The number of carbonyl (C=O) groups excluding carboxylic acids is 2. The summed E-state index contributed by atoms with van der Waals surface area (Å²) in [5.41, 5.74) is 0. The van der Waals surface area contributed by atoms with Crippen LogP contribution in [0.4, 0.5) is 0 Å². The van der Waals surface area contributed by atoms with Gasteiger partial charge in [-0.05, 0) is 13.5 Å². The van der Waals surface area contributed by atoms with E-state index in [0.717, 1.165) is 32.9 Å². The highest BCUT2D eigenvalue weighted by Crippen LogP contribution is 1.96. The van der Waals surface area contributed by atoms with E-state index in [1.54, 1.807) is 7.05 Å². The normalized spacial score (nSPS) is 8.71. The fourth-order valence-electron chi connectivity index (χ4n) is 1.43. The third kappa shape index (κ3) is 42.9. The van der Waals surface area contributed by atoms with Gasteiger partial charge < -0.3 is 25.9 Å². The van der Waals surface area contributed by atoms with Crippen LogP contribution < -0.4 is 16.0 Å². The summed E-state index contributed by atoms with van der Waals surface area (Å²) < 4.78 is 0. The molecule has 0 radical (unpaired) electrons. The van der Waals surface area contributed by atoms with Crippen molar-refractivity contribution in [2.75, 3.05) is 33.8 Å². The largest absolute Gasteiger partial charge is 0.400 e. The third-order valence-electron chi connectivity index (χ3n) is 2.50. The number of carbonyl (C=O) groups is 2. The van der Waals surface area contributed by atoms with E-state index in [2.05, 4.69) is 36.7 Å². The number of nitrogens with one attached hydrogen (secondary N) is 3. The number of hydrogen-bond donors (Lipinski definition) is 4. The van der Waals surface area contributed by atoms with Crippen molar-refractivity contribution >= 4 is 12.2 Å². The summed E-state index contributed by atoms with van der Waals surface area (Å²) in [6, 6.07) is 0.495. The molecule has 4 N–H and O–H groups in total. The SMILES string of the molecule is CC.CC(C)NCCC=O.CCCCCCNC(=O)CNC.CO. The number of hydrogen-bond acceptors (Lipinski definition) is 5. The van der Waals surface area contributed by atoms with Crippen LogP contribution in [0.5, 0.6) is 0 Å². The van der Waals surface area contributed by atoms with Crippen LogP contribution in [0, 0.1) is 0 Å². The first-order valence-corrected chi connectivity index (χ1v) is 9.11. The van der Waals surface area contributed by atoms with Crippen molar-refractivity contribution < 1.29 is 14.7 Å². The molecule has 0 fully saturated rings. The Labute approximate surface area is 150 Å². The highest BCUT2D eigenvalue weighted by molar-refractivity contribution is 5.77. The highest BCUT2D eigenvalue weighted by Gasteiger charge is 1.96. The molecule has 0 aromatic heterocycles. The third-order valence-corrected chi connectivity index (χ3v) is 2.50. The first-order chi connectivity index (χ1) is 11.6. The molecule has 0 saturated heterocycles. The summed E-state index contributed by atoms with van der Waals surface area (Å²) in [5.74, 6) is 0.0917. The van der Waals surface area contributed by atoms with Gasteiger partial charge in [-0.2, -0.15) is 0 Å². The van der Waals surface area contributed by atoms with Gasteiger partial charge in [0.2, 0.25) is 5.91 Å². The van der Waals surface area contributed by atoms with E-state index in [-0.39, 0.29) is 5.91 Å². The van der Waals surface area contributed by atoms with Crippen LogP contribution in [-0.4, -0.2) is 57.1 Å². The maximum absolute atomic E-state index is 10.9. The van der Waals surface area contributed by atoms with Crippen molar-refractivity contribution in [2.24, 2.45) is 0 Å². The second-order valence-corrected chi connectivity index (χ2v) is 5.01. The Hall–Kier alpha value is -0.980. The average Bonchev–Trinajstić information content (AvgIpc) is 2.59. The van der Waals surface area contributed by atoms with E-state index in [4.69, 9.17) is 5.11 Å². The number of aldehydes is 1. The van der Waals surface area contributed by atoms with Crippen LogP contribution in [-0.2, 0) is 9.59 Å². The van der Waals surface area contributed by atoms with E-state index in [0.29, 0.717) is 19.0 Å². The zero-order chi connectivity index (χ0) is 19.6. The molecule has 0 rings (SSSR count). The van der Waals surface area contributed by atoms with E-state index in [1.807, 2.05) is 13.8 Å². The summed E-state index contributed by atoms with van der Waals surface area (Å²) in [5, 5.41) is 15.8. The van der Waals surface area contributed by atoms with Crippen LogP contribution >= 0.6 is 0 Å². The maximum Gasteiger partial charge on any atom is 0.233 e. The minimum Gasteiger partial charge on any atom is -0.400 e. The molecule has 0 saturated carbocycles. The van der Waals surface area contributed by atoms with Gasteiger partial charge in [-0.25, -0.2) is 0 Å². The fourth-order valence-corrected chi connectivity index (χ4v) is 1.43. The van der Waals surface area contributed by atoms with Crippen LogP contribution in [0.3, 0.4) is 0 Å². The molecule has 0 aliphatic heterocycles. The first-order valence-electron chi connectivity index (χ1n) is 9.11. The first kappa shape index (κ1) is 30.9. The number of aliphatic hydroxyl groups is 1. The van der Waals surface area contributed by atoms with E-state index < -0.39 is 0 Å². The standard InChI is InChI=1S/C9H20N2O.C6H13NO.C2H6.CH4O/c1-3-4-5-6-7-11-9(12)8-10-2;1-6(2)7-4-3-5-8;2*1-2/h10H,3-8H2,1-2H3,(H,11,12);5-7H,3-4H2,1-2H3;1-2H3;2H,1H3. The van der Waals surface area contributed by atoms with Gasteiger partial charge in [-0.1, -0.05) is 53.9 Å². The Morgan fingerprint density at radius 1 is 1.08 bits per heavy atom. The summed E-state index contributed by atoms with van der Waals surface area (Å²) in [4.78, 5) is 20.6. The quantitative estimate of drug-likeness (QED) is 0.339. The Balaban J connectivity index is -0.000000145. The molecule has 0 aliphatic rings. The van der Waals surface area contributed by atoms with Crippen LogP contribution in [0.15, 0.2) is 0 Å². The van der Waals surface area contributed by atoms with Gasteiger partial charge in [0.05, 0.1) is 6.54 Å². The topological polar surface area (TPSA) is 90.5 Å². The van der Waals surface area contributed by atoms with Crippen LogP contribution in [0.25, 0.3) is 0 Å². The van der Waals surface area contributed by atoms with E-state index >= 15 is 0 Å². The molecule has 0 heterocycles. The molecule has 0 unspecified atom stereocenters. The Morgan fingerprint density at radius 3 is 2.08 bits per heavy atom. The lowest BCUT2D eigenvalue weighted by Crippen LogP contribution is -2.32. The molecule has 1 amide bonds. The number of likely N-dealkylation sites (N-methyl/N-ethyl adjacent to an activating group) is 1. The lowest BCUT2D eigenvalue weighted by molar-refractivity contribution is -0.120. The van der Waals surface area contributed by atoms with Gasteiger partial charge in [0, 0.05) is 32.7 Å². The Bertz CT molecular complexity index is 226. The average molecular weight is 350 g/mol. The molecule has 0 aliphatic carbocycles. The van der Waals surface area contributed by atoms with Crippen LogP contribution in [0.2, 0.25) is 0 Å². The monoisotopic (exact) mass is 349 g/mol. The molecule has 0 aromatic rings. The smallest absolute Gasteiger partial charge is 0.233 e. The summed E-state index contributed by atoms with van der Waals surface area (Å²) in [6.07, 6.45) is 6.37. The maximum atomic E-state index is 10.9. The molecule has 0 spiro atoms. The second-order valence-electron chi connectivity index (χ2n) is 5.01. The number of amides is 1. The Kier molecular flexibility index (Phi) is 43.2. The van der Waals surface area contributed by atoms with Crippen molar-refractivity contribution in [3.63, 3.8) is 0 Å². The number of unbranched alkanes of at least 4 members (excludes halogenated alkanes) is 3. The molecule has 0 bridgehead atoms. The number of rotatable bonds is 11. The van der Waals surface area contributed by atoms with E-state index in [9.17, 15) is 9.59 Å². The van der Waals surface area contributed by atoms with Crippen molar-refractivity contribution in [1.29, 1.82) is 0 Å². The van der Waals surface area contributed by atoms with Crippen molar-refractivity contribution in [2.45, 2.75) is 72.8 Å². The van der Waals surface area contributed by atoms with Crippen molar-refractivity contribution in [3.8, 4) is 0 Å². The Morgan fingerprint density at radius 2 is 1.67 bits per heavy atom. The fraction of sp³-hybridized carbons (Fsp3) is 0.889. The lowest BCUT2D eigenvalue weighted by Gasteiger charge is -2.03. The molecule has 0 aromatic carbocycles. The highest BCUT2D eigenvalue weighted by atomic mass is 16.2. The molecule has 0 atom stereocenters. The summed E-state index contributed by atoms with van der Waals surface area (Å²) in [7, 11) is 2.77. The lowest BCUT2D eigenvalue weighted by atomic mass is 10.2. The zero-order valence-electron chi connectivity index (χ0n) is 17.1. The van der Waals surface area contributed by atoms with Gasteiger partial charge in [0.1, 0.15) is 6.29 Å². The van der Waals surface area contributed by atoms with Gasteiger partial charge in [-0.15, -0.1) is 0 Å². The molecule has 6 heteroatoms. The summed E-state index contributed by atoms with van der Waals surface area (Å²) in [6.45, 7) is 12.4. The molecule has 6 nitrogen and oxygen atoms in total. The zero-order valence-corrected chi connectivity index (χ0v) is 17.1. The molecular weight excluding hydrogens is 306 g/mol. The van der Waals surface area contributed by atoms with Gasteiger partial charge >= 0.3 is 0 Å². The minimum absolute atomic E-state index is 0.0917. The molecular formula is C18H43N3O3. The predicted octanol–water partition coefficient (Wildman–Crippen LogP) is 2.11. The van der Waals surface area contributed by atoms with Crippen molar-refractivity contribution in [3.05, 3.63) is 0 Å². The minimum atomic E-state index is 0.0917.